The molecule has 3 aromatic rings. The van der Waals surface area contributed by atoms with Crippen LogP contribution < -0.4 is 4.74 Å². The molecule has 0 spiro atoms. The molecule has 138 valence electrons. The molecule has 0 aliphatic heterocycles. The smallest absolute Gasteiger partial charge is 0.316 e. The maximum atomic E-state index is 12.4. The van der Waals surface area contributed by atoms with Gasteiger partial charge in [0.2, 0.25) is 0 Å². The van der Waals surface area contributed by atoms with E-state index >= 15 is 0 Å². The minimum absolute atomic E-state index is 0.131. The topological polar surface area (TPSA) is 48.4 Å². The maximum absolute atomic E-state index is 12.4. The van der Waals surface area contributed by atoms with Gasteiger partial charge in [-0.25, -0.2) is 4.98 Å². The van der Waals surface area contributed by atoms with Crippen LogP contribution >= 0.6 is 0 Å². The van der Waals surface area contributed by atoms with Crippen molar-refractivity contribution in [1.29, 1.82) is 0 Å². The number of ether oxygens (including phenoxy) is 2. The van der Waals surface area contributed by atoms with E-state index in [2.05, 4.69) is 11.1 Å². The maximum Gasteiger partial charge on any atom is 0.316 e. The van der Waals surface area contributed by atoms with Crippen LogP contribution in [0.15, 0.2) is 60.7 Å². The third kappa shape index (κ3) is 3.39. The summed E-state index contributed by atoms with van der Waals surface area (Å²) in [7, 11) is 1.47. The van der Waals surface area contributed by atoms with Crippen molar-refractivity contribution in [3.63, 3.8) is 0 Å². The number of carbonyl (C=O) groups excluding carboxylic acids is 1. The van der Waals surface area contributed by atoms with Crippen LogP contribution in [0.5, 0.6) is 5.75 Å². The third-order valence-electron chi connectivity index (χ3n) is 5.48. The normalized spacial score (nSPS) is 15.6. The highest BCUT2D eigenvalue weighted by Crippen LogP contribution is 2.42. The summed E-state index contributed by atoms with van der Waals surface area (Å²) in [5, 5.41) is 1.12. The van der Waals surface area contributed by atoms with Crippen molar-refractivity contribution in [3.8, 4) is 5.75 Å². The Morgan fingerprint density at radius 3 is 2.48 bits per heavy atom. The quantitative estimate of drug-likeness (QED) is 0.613. The minimum atomic E-state index is -0.493. The van der Waals surface area contributed by atoms with Crippen molar-refractivity contribution in [2.24, 2.45) is 0 Å². The molecular formula is C23H23NO3. The van der Waals surface area contributed by atoms with Crippen molar-refractivity contribution in [2.45, 2.75) is 37.7 Å². The fourth-order valence-electron chi connectivity index (χ4n) is 4.00. The average Bonchev–Trinajstić information content (AvgIpc) is 3.23. The zero-order valence-electron chi connectivity index (χ0n) is 15.5. The first-order chi connectivity index (χ1) is 13.2. The number of pyridine rings is 1. The van der Waals surface area contributed by atoms with Gasteiger partial charge in [0.1, 0.15) is 12.4 Å². The first-order valence-electron chi connectivity index (χ1n) is 9.38. The van der Waals surface area contributed by atoms with Crippen LogP contribution in [0.25, 0.3) is 10.9 Å². The predicted octanol–water partition coefficient (Wildman–Crippen LogP) is 4.80. The largest absolute Gasteiger partial charge is 0.487 e. The number of benzene rings is 2. The minimum Gasteiger partial charge on any atom is -0.487 e. The highest BCUT2D eigenvalue weighted by Gasteiger charge is 2.43. The lowest BCUT2D eigenvalue weighted by molar-refractivity contribution is -0.147. The molecule has 1 aliphatic carbocycles. The van der Waals surface area contributed by atoms with E-state index in [1.165, 1.54) is 7.11 Å². The number of methoxy groups -OCH3 is 1. The lowest BCUT2D eigenvalue weighted by Gasteiger charge is -2.26. The Labute approximate surface area is 159 Å². The Balaban J connectivity index is 1.48. The summed E-state index contributed by atoms with van der Waals surface area (Å²) in [6.45, 7) is 0.409. The molecule has 1 aromatic heterocycles. The van der Waals surface area contributed by atoms with Crippen molar-refractivity contribution in [1.82, 2.24) is 4.98 Å². The summed E-state index contributed by atoms with van der Waals surface area (Å²) in [5.74, 6) is 0.640. The second kappa shape index (κ2) is 7.39. The van der Waals surface area contributed by atoms with Gasteiger partial charge >= 0.3 is 5.97 Å². The third-order valence-corrected chi connectivity index (χ3v) is 5.48. The summed E-state index contributed by atoms with van der Waals surface area (Å²) in [5.41, 5.74) is 2.38. The van der Waals surface area contributed by atoms with Crippen molar-refractivity contribution < 1.29 is 14.3 Å². The number of aromatic nitrogens is 1. The van der Waals surface area contributed by atoms with Crippen LogP contribution in [0.2, 0.25) is 0 Å². The Kier molecular flexibility index (Phi) is 4.80. The number of para-hydroxylation sites is 1. The molecule has 0 bridgehead atoms. The number of hydrogen-bond donors (Lipinski definition) is 0. The van der Waals surface area contributed by atoms with Gasteiger partial charge in [-0.1, -0.05) is 49.2 Å². The standard InChI is InChI=1S/C23H23NO3/c1-26-22(25)23(14-4-5-15-23)18-9-12-20(13-10-18)27-16-19-11-8-17-6-2-3-7-21(17)24-19/h2-3,6-13H,4-5,14-16H2,1H3. The molecule has 0 amide bonds. The first-order valence-corrected chi connectivity index (χ1v) is 9.38. The lowest BCUT2D eigenvalue weighted by atomic mass is 9.79. The molecule has 0 atom stereocenters. The van der Waals surface area contributed by atoms with E-state index < -0.39 is 5.41 Å². The van der Waals surface area contributed by atoms with Crippen molar-refractivity contribution in [2.75, 3.05) is 7.11 Å². The average molecular weight is 361 g/mol. The molecule has 0 unspecified atom stereocenters. The Morgan fingerprint density at radius 2 is 1.74 bits per heavy atom. The van der Waals surface area contributed by atoms with E-state index in [1.807, 2.05) is 54.6 Å². The molecule has 4 nitrogen and oxygen atoms in total. The number of esters is 1. The van der Waals surface area contributed by atoms with Crippen LogP contribution in [0.1, 0.15) is 36.9 Å². The van der Waals surface area contributed by atoms with Crippen LogP contribution in [0, 0.1) is 0 Å². The number of nitrogens with zero attached hydrogens (tertiary/aromatic N) is 1. The molecule has 0 N–H and O–H groups in total. The lowest BCUT2D eigenvalue weighted by Crippen LogP contribution is -2.33. The SMILES string of the molecule is COC(=O)C1(c2ccc(OCc3ccc4ccccc4n3)cc2)CCCC1. The molecule has 1 aliphatic rings. The van der Waals surface area contributed by atoms with Crippen LogP contribution in [0.3, 0.4) is 0 Å². The molecule has 27 heavy (non-hydrogen) atoms. The molecule has 1 heterocycles. The van der Waals surface area contributed by atoms with Gasteiger partial charge in [0.25, 0.3) is 0 Å². The van der Waals surface area contributed by atoms with Gasteiger partial charge in [-0.2, -0.15) is 0 Å². The summed E-state index contributed by atoms with van der Waals surface area (Å²) >= 11 is 0. The van der Waals surface area contributed by atoms with Gasteiger partial charge in [0.15, 0.2) is 0 Å². The van der Waals surface area contributed by atoms with Crippen molar-refractivity contribution >= 4 is 16.9 Å². The Hall–Kier alpha value is -2.88. The zero-order chi connectivity index (χ0) is 18.7. The molecule has 2 aromatic carbocycles. The number of carbonyl (C=O) groups is 1. The fraction of sp³-hybridized carbons (Fsp3) is 0.304. The van der Waals surface area contributed by atoms with E-state index in [0.717, 1.165) is 53.6 Å². The van der Waals surface area contributed by atoms with Crippen molar-refractivity contribution in [3.05, 3.63) is 71.9 Å². The highest BCUT2D eigenvalue weighted by molar-refractivity contribution is 5.83. The van der Waals surface area contributed by atoms with Gasteiger partial charge in [-0.05, 0) is 42.7 Å². The molecule has 4 rings (SSSR count). The summed E-state index contributed by atoms with van der Waals surface area (Å²) in [6, 6.07) is 19.9. The van der Waals surface area contributed by atoms with E-state index in [0.29, 0.717) is 6.61 Å². The van der Waals surface area contributed by atoms with Crippen LogP contribution in [0.4, 0.5) is 0 Å². The summed E-state index contributed by atoms with van der Waals surface area (Å²) in [6.07, 6.45) is 3.81. The molecule has 0 saturated heterocycles. The zero-order valence-corrected chi connectivity index (χ0v) is 15.5. The Bertz CT molecular complexity index is 943. The highest BCUT2D eigenvalue weighted by atomic mass is 16.5. The number of rotatable bonds is 5. The second-order valence-electron chi connectivity index (χ2n) is 7.09. The molecule has 4 heteroatoms. The molecule has 0 radical (unpaired) electrons. The first kappa shape index (κ1) is 17.5. The van der Waals surface area contributed by atoms with Crippen LogP contribution in [-0.4, -0.2) is 18.1 Å². The monoisotopic (exact) mass is 361 g/mol. The molecular weight excluding hydrogens is 338 g/mol. The van der Waals surface area contributed by atoms with E-state index in [4.69, 9.17) is 9.47 Å². The molecule has 1 fully saturated rings. The number of fused-ring (bicyclic) bond motifs is 1. The van der Waals surface area contributed by atoms with E-state index in [-0.39, 0.29) is 5.97 Å². The van der Waals surface area contributed by atoms with Gasteiger partial charge in [0.05, 0.1) is 23.7 Å². The second-order valence-corrected chi connectivity index (χ2v) is 7.09. The van der Waals surface area contributed by atoms with Gasteiger partial charge in [-0.3, -0.25) is 4.79 Å². The summed E-state index contributed by atoms with van der Waals surface area (Å²) in [4.78, 5) is 17.0. The predicted molar refractivity (Wildman–Crippen MR) is 105 cm³/mol. The van der Waals surface area contributed by atoms with E-state index in [9.17, 15) is 4.79 Å². The number of hydrogen-bond acceptors (Lipinski definition) is 4. The Morgan fingerprint density at radius 1 is 1.00 bits per heavy atom. The van der Waals surface area contributed by atoms with Gasteiger partial charge in [-0.15, -0.1) is 0 Å². The fourth-order valence-corrected chi connectivity index (χ4v) is 4.00. The molecule has 1 saturated carbocycles. The van der Waals surface area contributed by atoms with Gasteiger partial charge in [0, 0.05) is 5.39 Å². The summed E-state index contributed by atoms with van der Waals surface area (Å²) < 4.78 is 11.0. The van der Waals surface area contributed by atoms with E-state index in [1.54, 1.807) is 0 Å². The van der Waals surface area contributed by atoms with Crippen LogP contribution in [-0.2, 0) is 21.6 Å². The van der Waals surface area contributed by atoms with Gasteiger partial charge < -0.3 is 9.47 Å².